The van der Waals surface area contributed by atoms with E-state index in [0.29, 0.717) is 0 Å². The molecule has 0 saturated heterocycles. The maximum atomic E-state index is 8.35. The summed E-state index contributed by atoms with van der Waals surface area (Å²) in [5.74, 6) is 0. The Morgan fingerprint density at radius 2 is 1.43 bits per heavy atom. The first kappa shape index (κ1) is 15.0. The Bertz CT molecular complexity index is 277. The second kappa shape index (κ2) is 14.0. The van der Waals surface area contributed by atoms with Crippen molar-refractivity contribution in [2.75, 3.05) is 0 Å². The first-order valence-corrected chi connectivity index (χ1v) is 4.56. The number of hydrogen-bond donors (Lipinski definition) is 2. The van der Waals surface area contributed by atoms with Crippen LogP contribution < -0.4 is 0 Å². The number of hydrogen-bond acceptors (Lipinski definition) is 4. The third-order valence-corrected chi connectivity index (χ3v) is 1.64. The summed E-state index contributed by atoms with van der Waals surface area (Å²) in [4.78, 5) is 16.7. The second-order valence-electron chi connectivity index (χ2n) is 1.82. The van der Waals surface area contributed by atoms with Gasteiger partial charge in [-0.1, -0.05) is 46.3 Å². The normalized spacial score (nSPS) is 6.36. The first-order valence-electron chi connectivity index (χ1n) is 3.44. The molecule has 0 heterocycles. The van der Waals surface area contributed by atoms with Crippen molar-refractivity contribution in [3.63, 3.8) is 0 Å². The van der Waals surface area contributed by atoms with Gasteiger partial charge in [0, 0.05) is 5.33 Å². The van der Waals surface area contributed by atoms with Gasteiger partial charge in [-0.3, -0.25) is 0 Å². The van der Waals surface area contributed by atoms with Gasteiger partial charge in [0.2, 0.25) is 12.2 Å². The van der Waals surface area contributed by atoms with Crippen LogP contribution in [0, 0.1) is 10.8 Å². The standard InChI is InChI=1S/C7H7Br.2CHNO/c8-6-7-4-2-1-3-5-7;2*2-1-3/h1-5H,6H2;2*2H. The van der Waals surface area contributed by atoms with Crippen molar-refractivity contribution in [3.05, 3.63) is 35.9 Å². The van der Waals surface area contributed by atoms with Crippen molar-refractivity contribution in [1.29, 1.82) is 10.8 Å². The van der Waals surface area contributed by atoms with Gasteiger partial charge in [0.1, 0.15) is 0 Å². The minimum Gasteiger partial charge on any atom is -0.222 e. The van der Waals surface area contributed by atoms with E-state index in [1.807, 2.05) is 18.2 Å². The Kier molecular flexibility index (Phi) is 15.0. The third-order valence-electron chi connectivity index (χ3n) is 0.997. The second-order valence-corrected chi connectivity index (χ2v) is 2.38. The van der Waals surface area contributed by atoms with E-state index in [-0.39, 0.29) is 0 Å². The molecule has 14 heavy (non-hydrogen) atoms. The summed E-state index contributed by atoms with van der Waals surface area (Å²) in [6, 6.07) is 10.3. The lowest BCUT2D eigenvalue weighted by Crippen LogP contribution is -1.70. The number of rotatable bonds is 1. The van der Waals surface area contributed by atoms with Crippen molar-refractivity contribution >= 4 is 28.1 Å². The van der Waals surface area contributed by atoms with Crippen molar-refractivity contribution in [1.82, 2.24) is 0 Å². The highest BCUT2D eigenvalue weighted by Gasteiger charge is 1.81. The summed E-state index contributed by atoms with van der Waals surface area (Å²) in [5.41, 5.74) is 1.33. The molecule has 1 aromatic rings. The van der Waals surface area contributed by atoms with E-state index in [0.717, 1.165) is 17.5 Å². The fourth-order valence-electron chi connectivity index (χ4n) is 0.567. The largest absolute Gasteiger partial charge is 0.231 e. The van der Waals surface area contributed by atoms with Crippen molar-refractivity contribution in [3.8, 4) is 0 Å². The fourth-order valence-corrected chi connectivity index (χ4v) is 0.941. The van der Waals surface area contributed by atoms with Gasteiger partial charge in [-0.05, 0) is 5.56 Å². The Morgan fingerprint density at radius 1 is 1.07 bits per heavy atom. The molecule has 0 atom stereocenters. The molecule has 2 N–H and O–H groups in total. The Labute approximate surface area is 90.1 Å². The summed E-state index contributed by atoms with van der Waals surface area (Å²) >= 11 is 3.36. The molecule has 0 amide bonds. The molecule has 5 heteroatoms. The summed E-state index contributed by atoms with van der Waals surface area (Å²) in [6.45, 7) is 0. The average Bonchev–Trinajstić information content (AvgIpc) is 2.21. The van der Waals surface area contributed by atoms with Gasteiger partial charge in [-0.2, -0.15) is 0 Å². The van der Waals surface area contributed by atoms with Crippen LogP contribution in [0.4, 0.5) is 0 Å². The monoisotopic (exact) mass is 256 g/mol. The van der Waals surface area contributed by atoms with Gasteiger partial charge in [-0.25, -0.2) is 20.4 Å². The van der Waals surface area contributed by atoms with Gasteiger partial charge in [0.05, 0.1) is 0 Å². The summed E-state index contributed by atoms with van der Waals surface area (Å²) in [5, 5.41) is 11.8. The zero-order valence-electron chi connectivity index (χ0n) is 7.29. The molecule has 1 rings (SSSR count). The Hall–Kier alpha value is -1.54. The molecule has 0 fully saturated rings. The molecule has 74 valence electrons. The molecular formula is C9H9BrN2O2. The van der Waals surface area contributed by atoms with Crippen LogP contribution in [0.1, 0.15) is 5.56 Å². The summed E-state index contributed by atoms with van der Waals surface area (Å²) in [7, 11) is 0. The predicted octanol–water partition coefficient (Wildman–Crippen LogP) is 2.38. The first-order chi connectivity index (χ1) is 6.76. The molecule has 0 aliphatic carbocycles. The molecule has 0 radical (unpaired) electrons. The van der Waals surface area contributed by atoms with Crippen LogP contribution in [0.3, 0.4) is 0 Å². The average molecular weight is 257 g/mol. The van der Waals surface area contributed by atoms with Crippen molar-refractivity contribution in [2.24, 2.45) is 0 Å². The topological polar surface area (TPSA) is 81.8 Å². The highest BCUT2D eigenvalue weighted by atomic mass is 79.9. The van der Waals surface area contributed by atoms with Crippen LogP contribution in [0.2, 0.25) is 0 Å². The van der Waals surface area contributed by atoms with E-state index in [4.69, 9.17) is 20.4 Å². The maximum absolute atomic E-state index is 8.35. The predicted molar refractivity (Wildman–Crippen MR) is 55.9 cm³/mol. The summed E-state index contributed by atoms with van der Waals surface area (Å²) < 4.78 is 0. The molecule has 0 saturated carbocycles. The lowest BCUT2D eigenvalue weighted by atomic mass is 10.2. The molecule has 0 spiro atoms. The smallest absolute Gasteiger partial charge is 0.222 e. The zero-order valence-corrected chi connectivity index (χ0v) is 8.87. The molecule has 0 bridgehead atoms. The van der Waals surface area contributed by atoms with Crippen LogP contribution >= 0.6 is 15.9 Å². The van der Waals surface area contributed by atoms with Gasteiger partial charge in [-0.15, -0.1) is 0 Å². The van der Waals surface area contributed by atoms with Crippen LogP contribution in [0.25, 0.3) is 0 Å². The van der Waals surface area contributed by atoms with Gasteiger partial charge >= 0.3 is 0 Å². The molecule has 0 unspecified atom stereocenters. The van der Waals surface area contributed by atoms with Crippen molar-refractivity contribution < 1.29 is 9.59 Å². The quantitative estimate of drug-likeness (QED) is 0.460. The molecular weight excluding hydrogens is 248 g/mol. The minimum atomic E-state index is 0.750. The molecule has 0 aliphatic heterocycles. The Morgan fingerprint density at radius 3 is 1.64 bits per heavy atom. The number of alkyl halides is 1. The van der Waals surface area contributed by atoms with E-state index in [9.17, 15) is 0 Å². The maximum Gasteiger partial charge on any atom is 0.231 e. The van der Waals surface area contributed by atoms with E-state index in [1.165, 1.54) is 5.56 Å². The number of benzene rings is 1. The van der Waals surface area contributed by atoms with Crippen LogP contribution in [0.5, 0.6) is 0 Å². The highest BCUT2D eigenvalue weighted by molar-refractivity contribution is 9.08. The molecule has 0 aliphatic rings. The lowest BCUT2D eigenvalue weighted by molar-refractivity contribution is 0.562. The van der Waals surface area contributed by atoms with E-state index in [1.54, 1.807) is 0 Å². The van der Waals surface area contributed by atoms with Crippen LogP contribution in [-0.2, 0) is 14.9 Å². The van der Waals surface area contributed by atoms with Crippen LogP contribution in [0.15, 0.2) is 30.3 Å². The third kappa shape index (κ3) is 13.1. The van der Waals surface area contributed by atoms with E-state index >= 15 is 0 Å². The zero-order chi connectivity index (χ0) is 11.2. The van der Waals surface area contributed by atoms with Crippen LogP contribution in [-0.4, -0.2) is 12.2 Å². The number of halogens is 1. The number of carbonyl (C=O) groups excluding carboxylic acids is 2. The lowest BCUT2D eigenvalue weighted by Gasteiger charge is -1.88. The summed E-state index contributed by atoms with van der Waals surface area (Å²) in [6.07, 6.45) is 1.50. The Balaban J connectivity index is 0. The van der Waals surface area contributed by atoms with E-state index in [2.05, 4.69) is 28.1 Å². The number of isocyanates is 2. The molecule has 4 nitrogen and oxygen atoms in total. The van der Waals surface area contributed by atoms with E-state index < -0.39 is 0 Å². The SMILES string of the molecule is BrCc1ccccc1.N=C=O.N=C=O. The van der Waals surface area contributed by atoms with Crippen molar-refractivity contribution in [2.45, 2.75) is 5.33 Å². The van der Waals surface area contributed by atoms with Gasteiger partial charge < -0.3 is 0 Å². The minimum absolute atomic E-state index is 0.750. The fraction of sp³-hybridized carbons (Fsp3) is 0.111. The van der Waals surface area contributed by atoms with Gasteiger partial charge in [0.15, 0.2) is 0 Å². The molecule has 0 aromatic heterocycles. The number of nitrogens with one attached hydrogen (secondary N) is 2. The van der Waals surface area contributed by atoms with Gasteiger partial charge in [0.25, 0.3) is 0 Å². The molecule has 1 aromatic carbocycles. The highest BCUT2D eigenvalue weighted by Crippen LogP contribution is 2.02.